The fourth-order valence-electron chi connectivity index (χ4n) is 2.00. The van der Waals surface area contributed by atoms with Crippen LogP contribution in [-0.2, 0) is 4.79 Å². The van der Waals surface area contributed by atoms with Crippen molar-refractivity contribution in [3.8, 4) is 0 Å². The van der Waals surface area contributed by atoms with Crippen LogP contribution in [0.3, 0.4) is 0 Å². The fourth-order valence-corrected chi connectivity index (χ4v) is 2.00. The molecule has 1 rings (SSSR count). The predicted octanol–water partition coefficient (Wildman–Crippen LogP) is 1.30. The minimum atomic E-state index is -0.272. The molecule has 1 N–H and O–H groups in total. The van der Waals surface area contributed by atoms with E-state index in [-0.39, 0.29) is 17.3 Å². The van der Waals surface area contributed by atoms with Crippen LogP contribution in [0, 0.1) is 11.3 Å². The molecule has 0 saturated carbocycles. The van der Waals surface area contributed by atoms with Gasteiger partial charge in [0.05, 0.1) is 12.6 Å². The summed E-state index contributed by atoms with van der Waals surface area (Å²) in [6.45, 7) is 10.0. The van der Waals surface area contributed by atoms with Crippen molar-refractivity contribution >= 4 is 5.78 Å². The number of hydrogen-bond donors (Lipinski definition) is 1. The molecular weight excluding hydrogens is 190 g/mol. The van der Waals surface area contributed by atoms with Crippen molar-refractivity contribution in [3.05, 3.63) is 0 Å². The number of Topliss-reactive ketones (excluding diaryl/α,β-unsaturated/α-hetero) is 1. The average molecular weight is 213 g/mol. The Hall–Kier alpha value is -0.410. The molecule has 3 nitrogen and oxygen atoms in total. The van der Waals surface area contributed by atoms with E-state index in [9.17, 15) is 9.90 Å². The van der Waals surface area contributed by atoms with Gasteiger partial charge >= 0.3 is 0 Å². The van der Waals surface area contributed by atoms with Crippen LogP contribution >= 0.6 is 0 Å². The summed E-state index contributed by atoms with van der Waals surface area (Å²) in [4.78, 5) is 13.9. The second-order valence-electron chi connectivity index (χ2n) is 5.86. The van der Waals surface area contributed by atoms with E-state index < -0.39 is 0 Å². The normalized spacial score (nSPS) is 29.1. The molecule has 0 spiro atoms. The van der Waals surface area contributed by atoms with E-state index in [4.69, 9.17) is 0 Å². The summed E-state index contributed by atoms with van der Waals surface area (Å²) < 4.78 is 0. The van der Waals surface area contributed by atoms with E-state index in [0.29, 0.717) is 19.0 Å². The molecule has 1 heterocycles. The number of aliphatic hydroxyl groups is 1. The SMILES string of the molecule is CC1CC(O)CN(CC(=O)C(C)(C)C)C1. The fraction of sp³-hybridized carbons (Fsp3) is 0.917. The van der Waals surface area contributed by atoms with Crippen LogP contribution in [-0.4, -0.2) is 41.5 Å². The molecule has 0 aliphatic carbocycles. The number of carbonyl (C=O) groups excluding carboxylic acids is 1. The molecule has 1 saturated heterocycles. The predicted molar refractivity (Wildman–Crippen MR) is 60.7 cm³/mol. The summed E-state index contributed by atoms with van der Waals surface area (Å²) in [5, 5.41) is 9.61. The lowest BCUT2D eigenvalue weighted by atomic mass is 9.89. The second kappa shape index (κ2) is 4.62. The minimum absolute atomic E-state index is 0.254. The standard InChI is InChI=1S/C12H23NO2/c1-9-5-10(14)7-13(6-9)8-11(15)12(2,3)4/h9-10,14H,5-8H2,1-4H3. The Bertz CT molecular complexity index is 222. The Labute approximate surface area is 92.5 Å². The van der Waals surface area contributed by atoms with Crippen molar-refractivity contribution in [1.82, 2.24) is 4.90 Å². The van der Waals surface area contributed by atoms with Crippen molar-refractivity contribution in [2.45, 2.75) is 40.2 Å². The van der Waals surface area contributed by atoms with E-state index in [1.807, 2.05) is 20.8 Å². The van der Waals surface area contributed by atoms with Gasteiger partial charge in [-0.05, 0) is 12.3 Å². The molecule has 15 heavy (non-hydrogen) atoms. The second-order valence-corrected chi connectivity index (χ2v) is 5.86. The lowest BCUT2D eigenvalue weighted by molar-refractivity contribution is -0.128. The van der Waals surface area contributed by atoms with Crippen molar-refractivity contribution < 1.29 is 9.90 Å². The first-order valence-corrected chi connectivity index (χ1v) is 5.72. The summed E-state index contributed by atoms with van der Waals surface area (Å²) in [7, 11) is 0. The molecule has 0 aromatic carbocycles. The van der Waals surface area contributed by atoms with Crippen LogP contribution in [0.5, 0.6) is 0 Å². The van der Waals surface area contributed by atoms with E-state index in [1.54, 1.807) is 0 Å². The number of ketones is 1. The highest BCUT2D eigenvalue weighted by molar-refractivity contribution is 5.85. The quantitative estimate of drug-likeness (QED) is 0.751. The van der Waals surface area contributed by atoms with E-state index >= 15 is 0 Å². The highest BCUT2D eigenvalue weighted by Gasteiger charge is 2.28. The molecule has 1 aliphatic heterocycles. The molecule has 2 unspecified atom stereocenters. The highest BCUT2D eigenvalue weighted by Crippen LogP contribution is 2.19. The third-order valence-electron chi connectivity index (χ3n) is 2.92. The molecular formula is C12H23NO2. The summed E-state index contributed by atoms with van der Waals surface area (Å²) in [6, 6.07) is 0. The van der Waals surface area contributed by atoms with Gasteiger partial charge in [0.2, 0.25) is 0 Å². The zero-order valence-electron chi connectivity index (χ0n) is 10.3. The molecule has 2 atom stereocenters. The molecule has 0 amide bonds. The Kier molecular flexibility index (Phi) is 3.90. The zero-order chi connectivity index (χ0) is 11.6. The molecule has 0 bridgehead atoms. The molecule has 1 aliphatic rings. The van der Waals surface area contributed by atoms with Gasteiger partial charge in [0.1, 0.15) is 0 Å². The number of likely N-dealkylation sites (tertiary alicyclic amines) is 1. The smallest absolute Gasteiger partial charge is 0.152 e. The lowest BCUT2D eigenvalue weighted by Crippen LogP contribution is -2.46. The summed E-state index contributed by atoms with van der Waals surface area (Å²) in [5.41, 5.74) is -0.272. The van der Waals surface area contributed by atoms with Crippen molar-refractivity contribution in [2.24, 2.45) is 11.3 Å². The summed E-state index contributed by atoms with van der Waals surface area (Å²) in [5.74, 6) is 0.741. The van der Waals surface area contributed by atoms with Gasteiger partial charge in [-0.3, -0.25) is 9.69 Å². The molecule has 0 aromatic heterocycles. The van der Waals surface area contributed by atoms with Gasteiger partial charge in [-0.2, -0.15) is 0 Å². The Morgan fingerprint density at radius 1 is 1.40 bits per heavy atom. The third-order valence-corrected chi connectivity index (χ3v) is 2.92. The number of carbonyl (C=O) groups is 1. The van der Waals surface area contributed by atoms with Gasteiger partial charge in [-0.15, -0.1) is 0 Å². The van der Waals surface area contributed by atoms with Gasteiger partial charge in [-0.1, -0.05) is 27.7 Å². The van der Waals surface area contributed by atoms with Crippen molar-refractivity contribution in [2.75, 3.05) is 19.6 Å². The van der Waals surface area contributed by atoms with E-state index in [0.717, 1.165) is 13.0 Å². The summed E-state index contributed by atoms with van der Waals surface area (Å²) in [6.07, 6.45) is 0.599. The van der Waals surface area contributed by atoms with Crippen molar-refractivity contribution in [3.63, 3.8) is 0 Å². The number of nitrogens with zero attached hydrogens (tertiary/aromatic N) is 1. The lowest BCUT2D eigenvalue weighted by Gasteiger charge is -2.34. The Morgan fingerprint density at radius 3 is 2.47 bits per heavy atom. The molecule has 0 aromatic rings. The van der Waals surface area contributed by atoms with Crippen LogP contribution in [0.1, 0.15) is 34.1 Å². The number of rotatable bonds is 2. The van der Waals surface area contributed by atoms with Gasteiger partial charge in [0, 0.05) is 18.5 Å². The maximum atomic E-state index is 11.8. The number of β-amino-alcohol motifs (C(OH)–C–C–N with tert-alkyl or cyclic N) is 1. The number of piperidine rings is 1. The first-order chi connectivity index (χ1) is 6.79. The molecule has 88 valence electrons. The minimum Gasteiger partial charge on any atom is -0.392 e. The average Bonchev–Trinajstić information content (AvgIpc) is 1.99. The van der Waals surface area contributed by atoms with Gasteiger partial charge in [0.15, 0.2) is 5.78 Å². The first kappa shape index (κ1) is 12.7. The molecule has 1 fully saturated rings. The maximum Gasteiger partial charge on any atom is 0.152 e. The monoisotopic (exact) mass is 213 g/mol. The van der Waals surface area contributed by atoms with E-state index in [2.05, 4.69) is 11.8 Å². The number of hydrogen-bond acceptors (Lipinski definition) is 3. The zero-order valence-corrected chi connectivity index (χ0v) is 10.3. The topological polar surface area (TPSA) is 40.5 Å². The molecule has 0 radical (unpaired) electrons. The van der Waals surface area contributed by atoms with Crippen LogP contribution in [0.15, 0.2) is 0 Å². The van der Waals surface area contributed by atoms with Crippen LogP contribution in [0.2, 0.25) is 0 Å². The number of aliphatic hydroxyl groups excluding tert-OH is 1. The Balaban J connectivity index is 2.48. The van der Waals surface area contributed by atoms with Gasteiger partial charge < -0.3 is 5.11 Å². The van der Waals surface area contributed by atoms with Gasteiger partial charge in [-0.25, -0.2) is 0 Å². The Morgan fingerprint density at radius 2 is 2.00 bits per heavy atom. The van der Waals surface area contributed by atoms with Gasteiger partial charge in [0.25, 0.3) is 0 Å². The van der Waals surface area contributed by atoms with E-state index in [1.165, 1.54) is 0 Å². The molecule has 3 heteroatoms. The van der Waals surface area contributed by atoms with Crippen LogP contribution < -0.4 is 0 Å². The first-order valence-electron chi connectivity index (χ1n) is 5.72. The maximum absolute atomic E-state index is 11.8. The largest absolute Gasteiger partial charge is 0.392 e. The highest BCUT2D eigenvalue weighted by atomic mass is 16.3. The third kappa shape index (κ3) is 3.92. The van der Waals surface area contributed by atoms with Crippen LogP contribution in [0.25, 0.3) is 0 Å². The van der Waals surface area contributed by atoms with Crippen molar-refractivity contribution in [1.29, 1.82) is 0 Å². The van der Waals surface area contributed by atoms with Crippen LogP contribution in [0.4, 0.5) is 0 Å². The summed E-state index contributed by atoms with van der Waals surface area (Å²) >= 11 is 0.